The van der Waals surface area contributed by atoms with Gasteiger partial charge in [-0.2, -0.15) is 8.42 Å². The molecule has 2 rings (SSSR count). The van der Waals surface area contributed by atoms with E-state index in [0.717, 1.165) is 11.8 Å². The first-order valence-electron chi connectivity index (χ1n) is 4.75. The third-order valence-corrected chi connectivity index (χ3v) is 5.42. The van der Waals surface area contributed by atoms with Crippen LogP contribution >= 0.6 is 43.6 Å². The second-order valence-electron chi connectivity index (χ2n) is 3.44. The lowest BCUT2D eigenvalue weighted by atomic mass is 10.3. The van der Waals surface area contributed by atoms with Gasteiger partial charge in [0, 0.05) is 8.95 Å². The van der Waals surface area contributed by atoms with Crippen LogP contribution in [0, 0.1) is 0 Å². The summed E-state index contributed by atoms with van der Waals surface area (Å²) in [5, 5.41) is 11.4. The van der Waals surface area contributed by atoms with Crippen molar-refractivity contribution in [1.82, 2.24) is 0 Å². The number of fused-ring (bicyclic) bond motifs is 1. The van der Waals surface area contributed by atoms with Crippen molar-refractivity contribution in [3.05, 3.63) is 21.1 Å². The number of thioether (sulfide) groups is 1. The van der Waals surface area contributed by atoms with Gasteiger partial charge in [0.25, 0.3) is 10.0 Å². The minimum Gasteiger partial charge on any atom is -0.481 e. The van der Waals surface area contributed by atoms with Crippen LogP contribution < -0.4 is 5.32 Å². The molecule has 1 aromatic carbocycles. The standard InChI is InChI=1S/C9H6Br2N2O4S2/c10-4-1-5(11)8-6(2-4)19(16,17)13-9(12-8)18-3-7(14)15/h1-2H,3H2,(H,12,13)(H,14,15). The van der Waals surface area contributed by atoms with E-state index in [0.29, 0.717) is 14.6 Å². The Morgan fingerprint density at radius 1 is 1.42 bits per heavy atom. The van der Waals surface area contributed by atoms with Crippen LogP contribution in [-0.4, -0.2) is 30.4 Å². The van der Waals surface area contributed by atoms with Crippen LogP contribution in [0.25, 0.3) is 0 Å². The third kappa shape index (κ3) is 3.30. The van der Waals surface area contributed by atoms with Gasteiger partial charge in [-0.25, -0.2) is 0 Å². The summed E-state index contributed by atoms with van der Waals surface area (Å²) in [6, 6.07) is 3.12. The summed E-state index contributed by atoms with van der Waals surface area (Å²) in [7, 11) is -3.83. The molecule has 1 aliphatic heterocycles. The van der Waals surface area contributed by atoms with Crippen molar-refractivity contribution in [3.8, 4) is 0 Å². The number of carbonyl (C=O) groups is 1. The quantitative estimate of drug-likeness (QED) is 0.749. The van der Waals surface area contributed by atoms with E-state index in [2.05, 4.69) is 41.6 Å². The molecule has 0 saturated heterocycles. The zero-order valence-electron chi connectivity index (χ0n) is 9.05. The fourth-order valence-electron chi connectivity index (χ4n) is 1.36. The Labute approximate surface area is 130 Å². The predicted molar refractivity (Wildman–Crippen MR) is 80.2 cm³/mol. The van der Waals surface area contributed by atoms with E-state index in [1.807, 2.05) is 0 Å². The summed E-state index contributed by atoms with van der Waals surface area (Å²) < 4.78 is 28.7. The molecule has 2 N–H and O–H groups in total. The zero-order valence-corrected chi connectivity index (χ0v) is 13.9. The van der Waals surface area contributed by atoms with Gasteiger partial charge in [-0.05, 0) is 28.1 Å². The maximum absolute atomic E-state index is 12.0. The van der Waals surface area contributed by atoms with E-state index in [1.165, 1.54) is 6.07 Å². The Hall–Kier alpha value is -0.580. The summed E-state index contributed by atoms with van der Waals surface area (Å²) in [6.07, 6.45) is 0. The van der Waals surface area contributed by atoms with Gasteiger partial charge in [0.05, 0.1) is 11.4 Å². The monoisotopic (exact) mass is 428 g/mol. The molecule has 10 heteroatoms. The van der Waals surface area contributed by atoms with E-state index in [9.17, 15) is 13.2 Å². The number of nitrogens with zero attached hydrogens (tertiary/aromatic N) is 1. The number of aliphatic carboxylic acids is 1. The molecule has 1 heterocycles. The number of amidine groups is 1. The van der Waals surface area contributed by atoms with Crippen molar-refractivity contribution in [2.45, 2.75) is 4.90 Å². The number of rotatable bonds is 2. The highest BCUT2D eigenvalue weighted by atomic mass is 79.9. The lowest BCUT2D eigenvalue weighted by Gasteiger charge is -2.18. The number of halogens is 2. The summed E-state index contributed by atoms with van der Waals surface area (Å²) in [4.78, 5) is 10.5. The van der Waals surface area contributed by atoms with E-state index < -0.39 is 16.0 Å². The fourth-order valence-corrected chi connectivity index (χ4v) is 4.96. The average molecular weight is 430 g/mol. The maximum atomic E-state index is 12.0. The van der Waals surface area contributed by atoms with E-state index >= 15 is 0 Å². The van der Waals surface area contributed by atoms with Gasteiger partial charge >= 0.3 is 5.97 Å². The molecule has 0 saturated carbocycles. The number of benzene rings is 1. The molecule has 0 aliphatic carbocycles. The Bertz CT molecular complexity index is 688. The Balaban J connectivity index is 2.44. The minimum absolute atomic E-state index is 0.0356. The molecule has 0 bridgehead atoms. The second-order valence-corrected chi connectivity index (χ2v) is 7.75. The van der Waals surface area contributed by atoms with E-state index in [-0.39, 0.29) is 15.8 Å². The average Bonchev–Trinajstić information content (AvgIpc) is 2.27. The summed E-state index contributed by atoms with van der Waals surface area (Å²) in [6.45, 7) is 0. The number of carboxylic acids is 1. The minimum atomic E-state index is -3.83. The number of hydrogen-bond acceptors (Lipinski definition) is 5. The SMILES string of the molecule is O=C(O)CSC1=NS(=O)(=O)c2cc(Br)cc(Br)c2N1. The molecular formula is C9H6Br2N2O4S2. The topological polar surface area (TPSA) is 95.8 Å². The summed E-state index contributed by atoms with van der Waals surface area (Å²) in [5.41, 5.74) is 0.353. The van der Waals surface area contributed by atoms with Crippen LogP contribution in [0.4, 0.5) is 5.69 Å². The molecule has 0 aromatic heterocycles. The largest absolute Gasteiger partial charge is 0.481 e. The molecule has 0 atom stereocenters. The van der Waals surface area contributed by atoms with Crippen LogP contribution in [0.1, 0.15) is 0 Å². The van der Waals surface area contributed by atoms with Gasteiger partial charge in [-0.1, -0.05) is 27.7 Å². The molecule has 0 amide bonds. The van der Waals surface area contributed by atoms with Crippen molar-refractivity contribution < 1.29 is 18.3 Å². The Morgan fingerprint density at radius 3 is 2.74 bits per heavy atom. The third-order valence-electron chi connectivity index (χ3n) is 2.06. The second kappa shape index (κ2) is 5.43. The highest BCUT2D eigenvalue weighted by molar-refractivity contribution is 9.11. The first-order valence-corrected chi connectivity index (χ1v) is 8.76. The van der Waals surface area contributed by atoms with Crippen LogP contribution in [0.3, 0.4) is 0 Å². The molecule has 102 valence electrons. The van der Waals surface area contributed by atoms with Gasteiger partial charge in [0.1, 0.15) is 4.90 Å². The zero-order chi connectivity index (χ0) is 14.2. The molecule has 6 nitrogen and oxygen atoms in total. The number of carboxylic acid groups (broad SMARTS) is 1. The molecule has 0 radical (unpaired) electrons. The number of hydrogen-bond donors (Lipinski definition) is 2. The molecule has 1 aromatic rings. The number of anilines is 1. The first-order chi connectivity index (χ1) is 8.79. The van der Waals surface area contributed by atoms with Gasteiger partial charge < -0.3 is 10.4 Å². The lowest BCUT2D eigenvalue weighted by molar-refractivity contribution is -0.133. The van der Waals surface area contributed by atoms with Gasteiger partial charge in [-0.15, -0.1) is 4.40 Å². The van der Waals surface area contributed by atoms with Crippen LogP contribution in [-0.2, 0) is 14.8 Å². The predicted octanol–water partition coefficient (Wildman–Crippen LogP) is 2.50. The van der Waals surface area contributed by atoms with Gasteiger partial charge in [0.2, 0.25) is 0 Å². The molecule has 0 spiro atoms. The van der Waals surface area contributed by atoms with Gasteiger partial charge in [0.15, 0.2) is 5.17 Å². The van der Waals surface area contributed by atoms with Crippen molar-refractivity contribution in [2.24, 2.45) is 4.40 Å². The smallest absolute Gasteiger partial charge is 0.313 e. The van der Waals surface area contributed by atoms with Gasteiger partial charge in [-0.3, -0.25) is 4.79 Å². The van der Waals surface area contributed by atoms with E-state index in [4.69, 9.17) is 5.11 Å². The maximum Gasteiger partial charge on any atom is 0.313 e. The molecule has 0 fully saturated rings. The molecule has 19 heavy (non-hydrogen) atoms. The normalized spacial score (nSPS) is 16.2. The van der Waals surface area contributed by atoms with Crippen molar-refractivity contribution in [1.29, 1.82) is 0 Å². The summed E-state index contributed by atoms with van der Waals surface area (Å²) in [5.74, 6) is -1.32. The molecule has 0 unspecified atom stereocenters. The van der Waals surface area contributed by atoms with Crippen LogP contribution in [0.5, 0.6) is 0 Å². The van der Waals surface area contributed by atoms with Crippen LogP contribution in [0.2, 0.25) is 0 Å². The van der Waals surface area contributed by atoms with Crippen molar-refractivity contribution >= 4 is 70.5 Å². The Morgan fingerprint density at radius 2 is 2.11 bits per heavy atom. The molecule has 1 aliphatic rings. The lowest BCUT2D eigenvalue weighted by Crippen LogP contribution is -2.20. The van der Waals surface area contributed by atoms with Crippen LogP contribution in [0.15, 0.2) is 30.4 Å². The highest BCUT2D eigenvalue weighted by Crippen LogP contribution is 2.37. The Kier molecular flexibility index (Phi) is 4.23. The number of sulfonamides is 1. The number of nitrogens with one attached hydrogen (secondary N) is 1. The van der Waals surface area contributed by atoms with Crippen molar-refractivity contribution in [2.75, 3.05) is 11.1 Å². The molecular weight excluding hydrogens is 424 g/mol. The highest BCUT2D eigenvalue weighted by Gasteiger charge is 2.27. The van der Waals surface area contributed by atoms with Crippen molar-refractivity contribution in [3.63, 3.8) is 0 Å². The van der Waals surface area contributed by atoms with E-state index in [1.54, 1.807) is 6.07 Å². The first kappa shape index (κ1) is 14.8. The fraction of sp³-hybridized carbons (Fsp3) is 0.111. The summed E-state index contributed by atoms with van der Waals surface area (Å²) >= 11 is 7.27.